The van der Waals surface area contributed by atoms with Gasteiger partial charge in [-0.1, -0.05) is 19.1 Å². The van der Waals surface area contributed by atoms with Crippen LogP contribution in [-0.2, 0) is 4.74 Å². The molecular formula is C12H21NO2. The summed E-state index contributed by atoms with van der Waals surface area (Å²) in [6, 6.07) is 0.213. The first-order chi connectivity index (χ1) is 6.88. The van der Waals surface area contributed by atoms with E-state index in [0.717, 1.165) is 12.8 Å². The van der Waals surface area contributed by atoms with Crippen LogP contribution >= 0.6 is 0 Å². The van der Waals surface area contributed by atoms with Crippen LogP contribution in [0.25, 0.3) is 0 Å². The second-order valence-corrected chi connectivity index (χ2v) is 5.17. The molecule has 86 valence electrons. The molecule has 0 aromatic rings. The molecule has 0 aliphatic heterocycles. The quantitative estimate of drug-likeness (QED) is 0.677. The number of carbonyl (C=O) groups is 1. The number of ether oxygens (including phenoxy) is 1. The number of allylic oxidation sites excluding steroid dienone is 1. The van der Waals surface area contributed by atoms with E-state index in [1.807, 2.05) is 20.8 Å². The van der Waals surface area contributed by atoms with Gasteiger partial charge in [-0.2, -0.15) is 0 Å². The molecule has 1 aliphatic rings. The SMILES string of the molecule is C[C@@H]1CC=CC[C@H]1NC(=O)OC(C)(C)C. The Morgan fingerprint density at radius 1 is 1.33 bits per heavy atom. The number of amides is 1. The van der Waals surface area contributed by atoms with Gasteiger partial charge in [0, 0.05) is 6.04 Å². The van der Waals surface area contributed by atoms with Crippen molar-refractivity contribution in [3.05, 3.63) is 12.2 Å². The van der Waals surface area contributed by atoms with Crippen molar-refractivity contribution in [3.8, 4) is 0 Å². The molecule has 0 heterocycles. The van der Waals surface area contributed by atoms with Crippen LogP contribution in [0.3, 0.4) is 0 Å². The van der Waals surface area contributed by atoms with E-state index in [1.54, 1.807) is 0 Å². The topological polar surface area (TPSA) is 38.3 Å². The molecule has 0 radical (unpaired) electrons. The third-order valence-corrected chi connectivity index (χ3v) is 2.45. The summed E-state index contributed by atoms with van der Waals surface area (Å²) in [7, 11) is 0. The van der Waals surface area contributed by atoms with Crippen molar-refractivity contribution in [2.24, 2.45) is 5.92 Å². The molecule has 15 heavy (non-hydrogen) atoms. The minimum atomic E-state index is -0.419. The lowest BCUT2D eigenvalue weighted by Gasteiger charge is -2.28. The van der Waals surface area contributed by atoms with Gasteiger partial charge in [-0.3, -0.25) is 0 Å². The highest BCUT2D eigenvalue weighted by atomic mass is 16.6. The van der Waals surface area contributed by atoms with Crippen molar-refractivity contribution < 1.29 is 9.53 Å². The van der Waals surface area contributed by atoms with Crippen LogP contribution in [0.5, 0.6) is 0 Å². The summed E-state index contributed by atoms with van der Waals surface area (Å²) in [5.74, 6) is 0.488. The summed E-state index contributed by atoms with van der Waals surface area (Å²) in [6.07, 6.45) is 5.90. The van der Waals surface area contributed by atoms with Crippen molar-refractivity contribution in [3.63, 3.8) is 0 Å². The van der Waals surface area contributed by atoms with Gasteiger partial charge in [-0.05, 0) is 39.5 Å². The molecule has 0 saturated carbocycles. The summed E-state index contributed by atoms with van der Waals surface area (Å²) < 4.78 is 5.21. The minimum Gasteiger partial charge on any atom is -0.444 e. The lowest BCUT2D eigenvalue weighted by atomic mass is 9.91. The number of hydrogen-bond acceptors (Lipinski definition) is 2. The van der Waals surface area contributed by atoms with Gasteiger partial charge in [0.2, 0.25) is 0 Å². The molecule has 0 fully saturated rings. The maximum absolute atomic E-state index is 11.5. The Labute approximate surface area is 91.9 Å². The van der Waals surface area contributed by atoms with E-state index in [-0.39, 0.29) is 12.1 Å². The molecule has 0 saturated heterocycles. The average molecular weight is 211 g/mol. The highest BCUT2D eigenvalue weighted by molar-refractivity contribution is 5.68. The van der Waals surface area contributed by atoms with Crippen LogP contribution in [0.15, 0.2) is 12.2 Å². The Morgan fingerprint density at radius 3 is 2.47 bits per heavy atom. The van der Waals surface area contributed by atoms with E-state index in [2.05, 4.69) is 24.4 Å². The van der Waals surface area contributed by atoms with Crippen LogP contribution in [0.2, 0.25) is 0 Å². The third kappa shape index (κ3) is 4.36. The monoisotopic (exact) mass is 211 g/mol. The van der Waals surface area contributed by atoms with Crippen LogP contribution in [0, 0.1) is 5.92 Å². The molecule has 0 unspecified atom stereocenters. The van der Waals surface area contributed by atoms with E-state index in [9.17, 15) is 4.79 Å². The van der Waals surface area contributed by atoms with Crippen LogP contribution in [-0.4, -0.2) is 17.7 Å². The van der Waals surface area contributed by atoms with E-state index in [0.29, 0.717) is 5.92 Å². The molecule has 1 amide bonds. The Kier molecular flexibility index (Phi) is 3.77. The van der Waals surface area contributed by atoms with Crippen LogP contribution in [0.1, 0.15) is 40.5 Å². The van der Waals surface area contributed by atoms with Gasteiger partial charge in [0.25, 0.3) is 0 Å². The molecule has 3 nitrogen and oxygen atoms in total. The molecule has 1 aliphatic carbocycles. The zero-order valence-corrected chi connectivity index (χ0v) is 10.0. The Bertz CT molecular complexity index is 253. The smallest absolute Gasteiger partial charge is 0.407 e. The van der Waals surface area contributed by atoms with Gasteiger partial charge >= 0.3 is 6.09 Å². The van der Waals surface area contributed by atoms with Crippen molar-refractivity contribution >= 4 is 6.09 Å². The normalized spacial score (nSPS) is 26.1. The maximum Gasteiger partial charge on any atom is 0.407 e. The van der Waals surface area contributed by atoms with E-state index in [1.165, 1.54) is 0 Å². The standard InChI is InChI=1S/C12H21NO2/c1-9-7-5-6-8-10(9)13-11(14)15-12(2,3)4/h5-6,9-10H,7-8H2,1-4H3,(H,13,14)/t9-,10-/m1/s1. The van der Waals surface area contributed by atoms with Gasteiger partial charge in [-0.15, -0.1) is 0 Å². The summed E-state index contributed by atoms with van der Waals surface area (Å²) in [4.78, 5) is 11.5. The van der Waals surface area contributed by atoms with Gasteiger partial charge in [0.05, 0.1) is 0 Å². The molecule has 0 aromatic carbocycles. The predicted molar refractivity (Wildman–Crippen MR) is 60.7 cm³/mol. The first kappa shape index (κ1) is 12.1. The number of hydrogen-bond donors (Lipinski definition) is 1. The van der Waals surface area contributed by atoms with Crippen LogP contribution < -0.4 is 5.32 Å². The molecule has 1 rings (SSSR count). The molecule has 1 N–H and O–H groups in total. The van der Waals surface area contributed by atoms with Gasteiger partial charge in [-0.25, -0.2) is 4.79 Å². The largest absolute Gasteiger partial charge is 0.444 e. The first-order valence-electron chi connectivity index (χ1n) is 5.53. The molecule has 2 atom stereocenters. The molecule has 0 bridgehead atoms. The Morgan fingerprint density at radius 2 is 1.93 bits per heavy atom. The number of rotatable bonds is 1. The second-order valence-electron chi connectivity index (χ2n) is 5.17. The van der Waals surface area contributed by atoms with E-state index in [4.69, 9.17) is 4.74 Å². The predicted octanol–water partition coefficient (Wildman–Crippen LogP) is 2.87. The zero-order chi connectivity index (χ0) is 11.5. The van der Waals surface area contributed by atoms with Gasteiger partial charge in [0.15, 0.2) is 0 Å². The molecule has 3 heteroatoms. The average Bonchev–Trinajstić information content (AvgIpc) is 2.05. The van der Waals surface area contributed by atoms with Gasteiger partial charge in [0.1, 0.15) is 5.60 Å². The van der Waals surface area contributed by atoms with E-state index < -0.39 is 5.60 Å². The Balaban J connectivity index is 2.41. The first-order valence-corrected chi connectivity index (χ1v) is 5.53. The molecule has 0 spiro atoms. The maximum atomic E-state index is 11.5. The fourth-order valence-corrected chi connectivity index (χ4v) is 1.61. The summed E-state index contributed by atoms with van der Waals surface area (Å²) in [6.45, 7) is 7.76. The van der Waals surface area contributed by atoms with Crippen molar-refractivity contribution in [1.29, 1.82) is 0 Å². The van der Waals surface area contributed by atoms with Crippen molar-refractivity contribution in [2.45, 2.75) is 52.2 Å². The van der Waals surface area contributed by atoms with E-state index >= 15 is 0 Å². The van der Waals surface area contributed by atoms with Crippen LogP contribution in [0.4, 0.5) is 4.79 Å². The molecule has 0 aromatic heterocycles. The summed E-state index contributed by atoms with van der Waals surface area (Å²) in [5, 5.41) is 2.91. The second kappa shape index (κ2) is 4.69. The Hall–Kier alpha value is -0.990. The summed E-state index contributed by atoms with van der Waals surface area (Å²) >= 11 is 0. The third-order valence-electron chi connectivity index (χ3n) is 2.45. The van der Waals surface area contributed by atoms with Crippen molar-refractivity contribution in [2.75, 3.05) is 0 Å². The number of alkyl carbamates (subject to hydrolysis) is 1. The summed E-state index contributed by atoms with van der Waals surface area (Å²) in [5.41, 5.74) is -0.419. The number of nitrogens with one attached hydrogen (secondary N) is 1. The van der Waals surface area contributed by atoms with Gasteiger partial charge < -0.3 is 10.1 Å². The molecular weight excluding hydrogens is 190 g/mol. The van der Waals surface area contributed by atoms with Crippen molar-refractivity contribution in [1.82, 2.24) is 5.32 Å². The minimum absolute atomic E-state index is 0.213. The fraction of sp³-hybridized carbons (Fsp3) is 0.750. The lowest BCUT2D eigenvalue weighted by molar-refractivity contribution is 0.0487. The zero-order valence-electron chi connectivity index (χ0n) is 10.0. The highest BCUT2D eigenvalue weighted by Gasteiger charge is 2.23. The fourth-order valence-electron chi connectivity index (χ4n) is 1.61. The lowest BCUT2D eigenvalue weighted by Crippen LogP contribution is -2.42. The highest BCUT2D eigenvalue weighted by Crippen LogP contribution is 2.18. The number of carbonyl (C=O) groups excluding carboxylic acids is 1.